The maximum absolute atomic E-state index is 13.0. The topological polar surface area (TPSA) is 51.0 Å². The van der Waals surface area contributed by atoms with E-state index in [1.165, 1.54) is 5.56 Å². The highest BCUT2D eigenvalue weighted by Gasteiger charge is 2.26. The summed E-state index contributed by atoms with van der Waals surface area (Å²) in [6.45, 7) is 7.68. The molecular weight excluding hydrogens is 360 g/mol. The van der Waals surface area contributed by atoms with Crippen molar-refractivity contribution in [3.63, 3.8) is 0 Å². The first kappa shape index (κ1) is 18.0. The van der Waals surface area contributed by atoms with E-state index in [1.54, 1.807) is 10.9 Å². The van der Waals surface area contributed by atoms with Crippen molar-refractivity contribution in [1.82, 2.24) is 19.7 Å². The maximum Gasteiger partial charge on any atom is 0.256 e. The minimum Gasteiger partial charge on any atom is -0.338 e. The van der Waals surface area contributed by atoms with Crippen LogP contribution in [0.1, 0.15) is 41.4 Å². The number of carbonyl (C=O) groups is 1. The van der Waals surface area contributed by atoms with Crippen LogP contribution in [0, 0.1) is 19.8 Å². The Morgan fingerprint density at radius 3 is 2.67 bits per heavy atom. The molecule has 0 radical (unpaired) electrons. The second kappa shape index (κ2) is 6.97. The first-order valence-corrected chi connectivity index (χ1v) is 9.73. The molecule has 0 bridgehead atoms. The van der Waals surface area contributed by atoms with Crippen LogP contribution in [0.25, 0.3) is 16.7 Å². The first-order valence-electron chi connectivity index (χ1n) is 9.36. The predicted octanol–water partition coefficient (Wildman–Crippen LogP) is 4.56. The van der Waals surface area contributed by atoms with E-state index in [4.69, 9.17) is 11.6 Å². The number of benzene rings is 1. The molecule has 4 rings (SSSR count). The van der Waals surface area contributed by atoms with E-state index in [1.807, 2.05) is 43.0 Å². The highest BCUT2D eigenvalue weighted by atomic mass is 35.5. The van der Waals surface area contributed by atoms with Crippen LogP contribution in [0.15, 0.2) is 30.5 Å². The number of rotatable bonds is 2. The molecule has 1 aromatic carbocycles. The van der Waals surface area contributed by atoms with Gasteiger partial charge in [0.25, 0.3) is 5.91 Å². The number of fused-ring (bicyclic) bond motifs is 1. The van der Waals surface area contributed by atoms with Gasteiger partial charge in [-0.2, -0.15) is 5.10 Å². The molecule has 1 aliphatic heterocycles. The van der Waals surface area contributed by atoms with Crippen LogP contribution in [0.2, 0.25) is 5.02 Å². The Balaban J connectivity index is 1.77. The van der Waals surface area contributed by atoms with Crippen LogP contribution >= 0.6 is 11.6 Å². The number of aryl methyl sites for hydroxylation is 2. The third kappa shape index (κ3) is 3.21. The Hall–Kier alpha value is -2.40. The van der Waals surface area contributed by atoms with Crippen LogP contribution in [0.5, 0.6) is 0 Å². The molecular formula is C21H23ClN4O. The summed E-state index contributed by atoms with van der Waals surface area (Å²) in [7, 11) is 0. The van der Waals surface area contributed by atoms with Gasteiger partial charge in [-0.1, -0.05) is 36.2 Å². The molecule has 1 aliphatic rings. The summed E-state index contributed by atoms with van der Waals surface area (Å²) in [5, 5.41) is 5.81. The van der Waals surface area contributed by atoms with E-state index in [9.17, 15) is 4.79 Å². The Labute approximate surface area is 164 Å². The van der Waals surface area contributed by atoms with Gasteiger partial charge in [0.2, 0.25) is 0 Å². The van der Waals surface area contributed by atoms with Crippen molar-refractivity contribution in [3.05, 3.63) is 52.3 Å². The summed E-state index contributed by atoms with van der Waals surface area (Å²) in [6.07, 6.45) is 3.79. The van der Waals surface area contributed by atoms with Crippen molar-refractivity contribution in [3.8, 4) is 5.69 Å². The molecule has 1 fully saturated rings. The second-order valence-corrected chi connectivity index (χ2v) is 7.89. The molecule has 0 spiro atoms. The third-order valence-electron chi connectivity index (χ3n) is 5.26. The van der Waals surface area contributed by atoms with Crippen molar-refractivity contribution < 1.29 is 4.79 Å². The van der Waals surface area contributed by atoms with Crippen molar-refractivity contribution in [2.24, 2.45) is 5.92 Å². The molecule has 27 heavy (non-hydrogen) atoms. The molecule has 3 heterocycles. The number of aromatic nitrogens is 3. The zero-order chi connectivity index (χ0) is 19.1. The monoisotopic (exact) mass is 382 g/mol. The van der Waals surface area contributed by atoms with Crippen molar-refractivity contribution in [2.75, 3.05) is 13.1 Å². The molecule has 1 atom stereocenters. The minimum absolute atomic E-state index is 0.0385. The van der Waals surface area contributed by atoms with Gasteiger partial charge in [0.15, 0.2) is 5.65 Å². The van der Waals surface area contributed by atoms with Gasteiger partial charge in [0, 0.05) is 19.3 Å². The lowest BCUT2D eigenvalue weighted by molar-refractivity contribution is 0.0683. The van der Waals surface area contributed by atoms with Gasteiger partial charge in [-0.3, -0.25) is 4.79 Å². The molecule has 1 amide bonds. The predicted molar refractivity (Wildman–Crippen MR) is 108 cm³/mol. The molecule has 2 aromatic heterocycles. The standard InChI is InChI=1S/C21H23ClN4O/c1-13-6-8-16(9-7-13)26-20-18(15(3)24-26)19(22)17(11-23-20)21(27)25-10-4-5-14(2)12-25/h6-9,11,14H,4-5,10,12H2,1-3H3/t14-/m1/s1. The van der Waals surface area contributed by atoms with E-state index in [2.05, 4.69) is 17.0 Å². The Morgan fingerprint density at radius 2 is 1.96 bits per heavy atom. The number of carbonyl (C=O) groups excluding carboxylic acids is 1. The maximum atomic E-state index is 13.0. The van der Waals surface area contributed by atoms with E-state index in [0.29, 0.717) is 22.2 Å². The van der Waals surface area contributed by atoms with Crippen molar-refractivity contribution >= 4 is 28.5 Å². The molecule has 6 heteroatoms. The number of piperidine rings is 1. The van der Waals surface area contributed by atoms with E-state index >= 15 is 0 Å². The fraction of sp³-hybridized carbons (Fsp3) is 0.381. The summed E-state index contributed by atoms with van der Waals surface area (Å²) < 4.78 is 1.78. The first-order chi connectivity index (χ1) is 13.0. The SMILES string of the molecule is Cc1ccc(-n2nc(C)c3c(Cl)c(C(=O)N4CCC[C@@H](C)C4)cnc32)cc1. The van der Waals surface area contributed by atoms with Gasteiger partial charge in [-0.05, 0) is 44.7 Å². The third-order valence-corrected chi connectivity index (χ3v) is 5.65. The lowest BCUT2D eigenvalue weighted by Gasteiger charge is -2.31. The quantitative estimate of drug-likeness (QED) is 0.652. The molecule has 0 saturated carbocycles. The van der Waals surface area contributed by atoms with E-state index < -0.39 is 0 Å². The molecule has 1 saturated heterocycles. The molecule has 0 aliphatic carbocycles. The zero-order valence-corrected chi connectivity index (χ0v) is 16.6. The van der Waals surface area contributed by atoms with E-state index in [0.717, 1.165) is 42.7 Å². The Kier molecular flexibility index (Phi) is 4.64. The average molecular weight is 383 g/mol. The van der Waals surface area contributed by atoms with Gasteiger partial charge in [-0.25, -0.2) is 9.67 Å². The van der Waals surface area contributed by atoms with Crippen LogP contribution in [-0.4, -0.2) is 38.7 Å². The largest absolute Gasteiger partial charge is 0.338 e. The number of pyridine rings is 1. The Morgan fingerprint density at radius 1 is 1.22 bits per heavy atom. The average Bonchev–Trinajstić information content (AvgIpc) is 2.99. The van der Waals surface area contributed by atoms with Crippen molar-refractivity contribution in [2.45, 2.75) is 33.6 Å². The second-order valence-electron chi connectivity index (χ2n) is 7.52. The summed E-state index contributed by atoms with van der Waals surface area (Å²) in [5.74, 6) is 0.479. The zero-order valence-electron chi connectivity index (χ0n) is 15.9. The molecule has 5 nitrogen and oxygen atoms in total. The fourth-order valence-corrected chi connectivity index (χ4v) is 4.12. The van der Waals surface area contributed by atoms with Gasteiger partial charge in [-0.15, -0.1) is 0 Å². The van der Waals surface area contributed by atoms with Crippen molar-refractivity contribution in [1.29, 1.82) is 0 Å². The van der Waals surface area contributed by atoms with Crippen LogP contribution in [0.3, 0.4) is 0 Å². The number of hydrogen-bond acceptors (Lipinski definition) is 3. The van der Waals surface area contributed by atoms with E-state index in [-0.39, 0.29) is 5.91 Å². The molecule has 0 unspecified atom stereocenters. The fourth-order valence-electron chi connectivity index (χ4n) is 3.77. The number of likely N-dealkylation sites (tertiary alicyclic amines) is 1. The Bertz CT molecular complexity index is 1010. The lowest BCUT2D eigenvalue weighted by Crippen LogP contribution is -2.39. The highest BCUT2D eigenvalue weighted by molar-refractivity contribution is 6.38. The molecule has 3 aromatic rings. The summed E-state index contributed by atoms with van der Waals surface area (Å²) >= 11 is 6.68. The minimum atomic E-state index is -0.0385. The van der Waals surface area contributed by atoms with Crippen LogP contribution in [-0.2, 0) is 0 Å². The summed E-state index contributed by atoms with van der Waals surface area (Å²) in [6, 6.07) is 8.08. The van der Waals surface area contributed by atoms with Crippen LogP contribution in [0.4, 0.5) is 0 Å². The van der Waals surface area contributed by atoms with Gasteiger partial charge < -0.3 is 4.90 Å². The smallest absolute Gasteiger partial charge is 0.256 e. The van der Waals surface area contributed by atoms with Gasteiger partial charge in [0.1, 0.15) is 0 Å². The number of hydrogen-bond donors (Lipinski definition) is 0. The molecule has 0 N–H and O–H groups in total. The number of halogens is 1. The summed E-state index contributed by atoms with van der Waals surface area (Å²) in [5.41, 5.74) is 4.01. The normalized spacial score (nSPS) is 17.5. The highest BCUT2D eigenvalue weighted by Crippen LogP contribution is 2.31. The number of nitrogens with zero attached hydrogens (tertiary/aromatic N) is 4. The number of amides is 1. The van der Waals surface area contributed by atoms with Gasteiger partial charge >= 0.3 is 0 Å². The summed E-state index contributed by atoms with van der Waals surface area (Å²) in [4.78, 5) is 19.5. The van der Waals surface area contributed by atoms with Crippen LogP contribution < -0.4 is 0 Å². The van der Waals surface area contributed by atoms with Gasteiger partial charge in [0.05, 0.1) is 27.4 Å². The lowest BCUT2D eigenvalue weighted by atomic mass is 9.99. The molecule has 140 valence electrons.